The van der Waals surface area contributed by atoms with E-state index in [2.05, 4.69) is 25.7 Å². The van der Waals surface area contributed by atoms with E-state index in [1.54, 1.807) is 0 Å². The van der Waals surface area contributed by atoms with Gasteiger partial charge in [0.25, 0.3) is 0 Å². The van der Waals surface area contributed by atoms with Crippen molar-refractivity contribution in [1.82, 2.24) is 4.90 Å². The first-order valence-corrected chi connectivity index (χ1v) is 6.07. The number of unbranched alkanes of at least 4 members (excludes halogenated alkanes) is 1. The van der Waals surface area contributed by atoms with Gasteiger partial charge in [-0.05, 0) is 38.3 Å². The highest BCUT2D eigenvalue weighted by Crippen LogP contribution is 2.37. The Morgan fingerprint density at radius 2 is 1.77 bits per heavy atom. The molecule has 1 atom stereocenters. The summed E-state index contributed by atoms with van der Waals surface area (Å²) in [4.78, 5) is 2.66. The Morgan fingerprint density at radius 3 is 2.15 bits per heavy atom. The summed E-state index contributed by atoms with van der Waals surface area (Å²) >= 11 is 0. The minimum absolute atomic E-state index is 0.912. The third kappa shape index (κ3) is 3.30. The quantitative estimate of drug-likeness (QED) is 0.585. The van der Waals surface area contributed by atoms with E-state index in [4.69, 9.17) is 0 Å². The fourth-order valence-corrected chi connectivity index (χ4v) is 2.30. The average molecular weight is 183 g/mol. The molecule has 0 radical (unpaired) electrons. The molecule has 0 aromatic heterocycles. The van der Waals surface area contributed by atoms with Gasteiger partial charge in [0, 0.05) is 6.04 Å². The normalized spacial score (nSPS) is 19.4. The van der Waals surface area contributed by atoms with Crippen molar-refractivity contribution in [3.8, 4) is 0 Å². The average Bonchev–Trinajstić information content (AvgIpc) is 2.95. The van der Waals surface area contributed by atoms with Crippen LogP contribution in [0.3, 0.4) is 0 Å². The van der Waals surface area contributed by atoms with Crippen LogP contribution in [-0.4, -0.2) is 24.0 Å². The number of nitrogens with zero attached hydrogens (tertiary/aromatic N) is 1. The van der Waals surface area contributed by atoms with E-state index >= 15 is 0 Å². The van der Waals surface area contributed by atoms with Gasteiger partial charge in [0.15, 0.2) is 0 Å². The molecule has 1 nitrogen and oxygen atoms in total. The zero-order chi connectivity index (χ0) is 9.68. The summed E-state index contributed by atoms with van der Waals surface area (Å²) in [5.41, 5.74) is 0. The predicted octanol–water partition coefficient (Wildman–Crippen LogP) is 3.30. The summed E-state index contributed by atoms with van der Waals surface area (Å²) in [5, 5.41) is 0. The molecule has 1 fully saturated rings. The zero-order valence-electron chi connectivity index (χ0n) is 9.55. The first kappa shape index (κ1) is 11.0. The highest BCUT2D eigenvalue weighted by molar-refractivity contribution is 4.87. The Balaban J connectivity index is 2.34. The Hall–Kier alpha value is -0.0400. The standard InChI is InChI=1S/C12H25N/c1-4-7-8-12(11-9-10-11)13(5-2)6-3/h11-12H,4-10H2,1-3H3. The first-order valence-electron chi connectivity index (χ1n) is 6.07. The summed E-state index contributed by atoms with van der Waals surface area (Å²) in [7, 11) is 0. The Bertz CT molecular complexity index is 125. The first-order chi connectivity index (χ1) is 6.33. The monoisotopic (exact) mass is 183 g/mol. The van der Waals surface area contributed by atoms with Crippen molar-refractivity contribution >= 4 is 0 Å². The molecule has 1 unspecified atom stereocenters. The smallest absolute Gasteiger partial charge is 0.0123 e. The molecule has 0 N–H and O–H groups in total. The summed E-state index contributed by atoms with van der Waals surface area (Å²) in [6, 6.07) is 0.912. The van der Waals surface area contributed by atoms with Crippen LogP contribution in [0.15, 0.2) is 0 Å². The largest absolute Gasteiger partial charge is 0.301 e. The Kier molecular flexibility index (Phi) is 4.79. The second kappa shape index (κ2) is 5.64. The van der Waals surface area contributed by atoms with Crippen LogP contribution in [0.2, 0.25) is 0 Å². The van der Waals surface area contributed by atoms with Gasteiger partial charge in [-0.2, -0.15) is 0 Å². The van der Waals surface area contributed by atoms with Crippen LogP contribution in [0.5, 0.6) is 0 Å². The van der Waals surface area contributed by atoms with Gasteiger partial charge in [0.05, 0.1) is 0 Å². The third-order valence-corrected chi connectivity index (χ3v) is 3.30. The molecule has 1 aliphatic rings. The maximum atomic E-state index is 2.66. The van der Waals surface area contributed by atoms with E-state index < -0.39 is 0 Å². The van der Waals surface area contributed by atoms with E-state index in [-0.39, 0.29) is 0 Å². The van der Waals surface area contributed by atoms with Crippen molar-refractivity contribution in [3.63, 3.8) is 0 Å². The van der Waals surface area contributed by atoms with E-state index in [0.717, 1.165) is 12.0 Å². The second-order valence-corrected chi connectivity index (χ2v) is 4.27. The predicted molar refractivity (Wildman–Crippen MR) is 59.0 cm³/mol. The van der Waals surface area contributed by atoms with Crippen molar-refractivity contribution in [2.45, 2.75) is 58.9 Å². The fourth-order valence-electron chi connectivity index (χ4n) is 2.30. The molecule has 1 aliphatic carbocycles. The number of hydrogen-bond acceptors (Lipinski definition) is 1. The van der Waals surface area contributed by atoms with Gasteiger partial charge in [-0.15, -0.1) is 0 Å². The van der Waals surface area contributed by atoms with E-state index in [1.165, 1.54) is 45.2 Å². The van der Waals surface area contributed by atoms with Crippen LogP contribution in [0, 0.1) is 5.92 Å². The van der Waals surface area contributed by atoms with Crippen molar-refractivity contribution in [2.24, 2.45) is 5.92 Å². The van der Waals surface area contributed by atoms with Gasteiger partial charge in [-0.3, -0.25) is 0 Å². The highest BCUT2D eigenvalue weighted by atomic mass is 15.2. The van der Waals surface area contributed by atoms with Gasteiger partial charge < -0.3 is 4.90 Å². The van der Waals surface area contributed by atoms with Crippen LogP contribution < -0.4 is 0 Å². The lowest BCUT2D eigenvalue weighted by Crippen LogP contribution is -2.36. The Morgan fingerprint density at radius 1 is 1.15 bits per heavy atom. The molecular weight excluding hydrogens is 158 g/mol. The van der Waals surface area contributed by atoms with E-state index in [1.807, 2.05) is 0 Å². The summed E-state index contributed by atoms with van der Waals surface area (Å²) in [6.45, 7) is 9.37. The maximum Gasteiger partial charge on any atom is 0.0123 e. The number of hydrogen-bond donors (Lipinski definition) is 0. The molecule has 0 spiro atoms. The van der Waals surface area contributed by atoms with Crippen molar-refractivity contribution in [1.29, 1.82) is 0 Å². The second-order valence-electron chi connectivity index (χ2n) is 4.27. The van der Waals surface area contributed by atoms with Crippen LogP contribution in [0.25, 0.3) is 0 Å². The van der Waals surface area contributed by atoms with Gasteiger partial charge in [0.1, 0.15) is 0 Å². The molecule has 1 heteroatoms. The molecule has 1 rings (SSSR count). The van der Waals surface area contributed by atoms with Crippen LogP contribution in [0.1, 0.15) is 52.9 Å². The fraction of sp³-hybridized carbons (Fsp3) is 1.00. The highest BCUT2D eigenvalue weighted by Gasteiger charge is 2.33. The van der Waals surface area contributed by atoms with Crippen molar-refractivity contribution < 1.29 is 0 Å². The Labute approximate surface area is 83.5 Å². The lowest BCUT2D eigenvalue weighted by atomic mass is 10.0. The molecule has 0 heterocycles. The molecule has 0 aromatic carbocycles. The molecule has 0 aliphatic heterocycles. The van der Waals surface area contributed by atoms with Crippen LogP contribution >= 0.6 is 0 Å². The molecule has 0 amide bonds. The van der Waals surface area contributed by atoms with Crippen molar-refractivity contribution in [2.75, 3.05) is 13.1 Å². The lowest BCUT2D eigenvalue weighted by Gasteiger charge is -2.29. The lowest BCUT2D eigenvalue weighted by molar-refractivity contribution is 0.181. The molecule has 13 heavy (non-hydrogen) atoms. The zero-order valence-corrected chi connectivity index (χ0v) is 9.55. The summed E-state index contributed by atoms with van der Waals surface area (Å²) in [5.74, 6) is 1.05. The summed E-state index contributed by atoms with van der Waals surface area (Å²) in [6.07, 6.45) is 7.18. The molecule has 0 bridgehead atoms. The van der Waals surface area contributed by atoms with Gasteiger partial charge in [0.2, 0.25) is 0 Å². The minimum atomic E-state index is 0.912. The molecular formula is C12H25N. The van der Waals surface area contributed by atoms with E-state index in [9.17, 15) is 0 Å². The third-order valence-electron chi connectivity index (χ3n) is 3.30. The molecule has 78 valence electrons. The molecule has 0 aromatic rings. The number of rotatable bonds is 7. The minimum Gasteiger partial charge on any atom is -0.301 e. The van der Waals surface area contributed by atoms with Crippen molar-refractivity contribution in [3.05, 3.63) is 0 Å². The molecule has 1 saturated carbocycles. The van der Waals surface area contributed by atoms with Gasteiger partial charge in [-0.1, -0.05) is 33.6 Å². The molecule has 0 saturated heterocycles. The maximum absolute atomic E-state index is 2.66. The van der Waals surface area contributed by atoms with Crippen LogP contribution in [-0.2, 0) is 0 Å². The SMILES string of the molecule is CCCCC(C1CC1)N(CC)CC. The summed E-state index contributed by atoms with van der Waals surface area (Å²) < 4.78 is 0. The van der Waals surface area contributed by atoms with Crippen LogP contribution in [0.4, 0.5) is 0 Å². The van der Waals surface area contributed by atoms with Gasteiger partial charge in [-0.25, -0.2) is 0 Å². The van der Waals surface area contributed by atoms with E-state index in [0.29, 0.717) is 0 Å². The topological polar surface area (TPSA) is 3.24 Å². The van der Waals surface area contributed by atoms with Gasteiger partial charge >= 0.3 is 0 Å².